The maximum absolute atomic E-state index is 12.8. The third-order valence-electron chi connectivity index (χ3n) is 8.29. The minimum Gasteiger partial charge on any atom is -0.481 e. The Labute approximate surface area is 222 Å². The smallest absolute Gasteiger partial charge is 0.434 e. The number of hydrogen-bond acceptors (Lipinski definition) is 5. The fraction of sp³-hybridized carbons (Fsp3) is 0.692. The third-order valence-corrected chi connectivity index (χ3v) is 8.29. The van der Waals surface area contributed by atoms with E-state index in [-0.39, 0.29) is 24.5 Å². The zero-order chi connectivity index (χ0) is 28.6. The zero-order valence-electron chi connectivity index (χ0n) is 21.7. The standard InChI is InChI=1S/C26H33F6N3O4/c1-17-3-4-19(20(15-17)33-11-5-18(6-12-33)21(36)37)16-35-10-2-7-24(35)8-13-34(14-9-24)23(38)39-22(25(27,28)29)26(30,31)32/h3-4,15,18,22H,2,5-14,16H2,1H3,(H,36,37). The van der Waals surface area contributed by atoms with Gasteiger partial charge in [-0.05, 0) is 69.2 Å². The molecule has 0 aromatic heterocycles. The van der Waals surface area contributed by atoms with Gasteiger partial charge in [-0.1, -0.05) is 12.1 Å². The number of alkyl halides is 6. The van der Waals surface area contributed by atoms with Crippen LogP contribution in [0.3, 0.4) is 0 Å². The Morgan fingerprint density at radius 3 is 2.18 bits per heavy atom. The van der Waals surface area contributed by atoms with Crippen molar-refractivity contribution in [1.29, 1.82) is 0 Å². The first kappa shape index (κ1) is 29.3. The lowest BCUT2D eigenvalue weighted by molar-refractivity contribution is -0.308. The summed E-state index contributed by atoms with van der Waals surface area (Å²) >= 11 is 0. The number of nitrogens with zero attached hydrogens (tertiary/aromatic N) is 3. The minimum absolute atomic E-state index is 0.00121. The number of rotatable bonds is 5. The van der Waals surface area contributed by atoms with Crippen LogP contribution in [0.2, 0.25) is 0 Å². The van der Waals surface area contributed by atoms with Gasteiger partial charge < -0.3 is 19.6 Å². The fourth-order valence-corrected chi connectivity index (χ4v) is 6.08. The van der Waals surface area contributed by atoms with E-state index >= 15 is 0 Å². The molecule has 7 nitrogen and oxygen atoms in total. The Morgan fingerprint density at radius 2 is 1.62 bits per heavy atom. The van der Waals surface area contributed by atoms with Crippen LogP contribution in [-0.2, 0) is 16.1 Å². The average molecular weight is 566 g/mol. The Balaban J connectivity index is 1.42. The average Bonchev–Trinajstić information content (AvgIpc) is 3.23. The van der Waals surface area contributed by atoms with Crippen molar-refractivity contribution in [2.24, 2.45) is 5.92 Å². The van der Waals surface area contributed by atoms with Gasteiger partial charge in [-0.3, -0.25) is 9.69 Å². The molecule has 13 heteroatoms. The van der Waals surface area contributed by atoms with Crippen LogP contribution < -0.4 is 4.90 Å². The lowest BCUT2D eigenvalue weighted by Crippen LogP contribution is -2.54. The number of likely N-dealkylation sites (tertiary alicyclic amines) is 2. The van der Waals surface area contributed by atoms with Crippen LogP contribution in [0.5, 0.6) is 0 Å². The van der Waals surface area contributed by atoms with E-state index < -0.39 is 30.5 Å². The first-order valence-electron chi connectivity index (χ1n) is 13.1. The summed E-state index contributed by atoms with van der Waals surface area (Å²) in [6.07, 6.45) is -13.6. The number of hydrogen-bond donors (Lipinski definition) is 1. The van der Waals surface area contributed by atoms with Crippen LogP contribution in [-0.4, -0.2) is 83.7 Å². The molecule has 4 rings (SSSR count). The van der Waals surface area contributed by atoms with Gasteiger partial charge in [0, 0.05) is 44.0 Å². The number of carboxylic acids is 1. The van der Waals surface area contributed by atoms with Crippen molar-refractivity contribution >= 4 is 17.7 Å². The molecule has 0 radical (unpaired) electrons. The van der Waals surface area contributed by atoms with E-state index in [4.69, 9.17) is 0 Å². The second-order valence-corrected chi connectivity index (χ2v) is 10.8. The number of anilines is 1. The molecule has 218 valence electrons. The molecule has 1 aromatic carbocycles. The zero-order valence-corrected chi connectivity index (χ0v) is 21.7. The Morgan fingerprint density at radius 1 is 1.00 bits per heavy atom. The molecular formula is C26H33F6N3O4. The number of amides is 1. The van der Waals surface area contributed by atoms with Gasteiger partial charge in [-0.2, -0.15) is 26.3 Å². The number of ether oxygens (including phenoxy) is 1. The highest BCUT2D eigenvalue weighted by molar-refractivity contribution is 5.70. The lowest BCUT2D eigenvalue weighted by atomic mass is 9.84. The predicted octanol–water partition coefficient (Wildman–Crippen LogP) is 5.36. The van der Waals surface area contributed by atoms with Gasteiger partial charge in [0.05, 0.1) is 5.92 Å². The van der Waals surface area contributed by atoms with Crippen molar-refractivity contribution in [3.05, 3.63) is 29.3 Å². The first-order chi connectivity index (χ1) is 18.2. The van der Waals surface area contributed by atoms with Gasteiger partial charge in [-0.15, -0.1) is 0 Å². The van der Waals surface area contributed by atoms with E-state index in [0.29, 0.717) is 45.3 Å². The Bertz CT molecular complexity index is 1030. The number of aliphatic carboxylic acids is 1. The SMILES string of the molecule is Cc1ccc(CN2CCCC23CCN(C(=O)OC(C(F)(F)F)C(F)(F)F)CC3)c(N2CCC(C(=O)O)CC2)c1. The molecule has 1 aromatic rings. The molecule has 0 aliphatic carbocycles. The summed E-state index contributed by atoms with van der Waals surface area (Å²) < 4.78 is 80.9. The van der Waals surface area contributed by atoms with Crippen LogP contribution in [0.15, 0.2) is 18.2 Å². The number of carbonyl (C=O) groups excluding carboxylic acids is 1. The summed E-state index contributed by atoms with van der Waals surface area (Å²) in [5.74, 6) is -1.13. The Kier molecular flexibility index (Phi) is 8.30. The molecule has 3 saturated heterocycles. The molecular weight excluding hydrogens is 532 g/mol. The number of benzene rings is 1. The highest BCUT2D eigenvalue weighted by Gasteiger charge is 2.60. The minimum atomic E-state index is -5.75. The van der Waals surface area contributed by atoms with Crippen molar-refractivity contribution in [2.75, 3.05) is 37.6 Å². The molecule has 1 amide bonds. The normalized spacial score (nSPS) is 21.1. The van der Waals surface area contributed by atoms with Gasteiger partial charge in [0.15, 0.2) is 0 Å². The second kappa shape index (κ2) is 11.1. The van der Waals surface area contributed by atoms with Crippen molar-refractivity contribution in [2.45, 2.75) is 76.0 Å². The van der Waals surface area contributed by atoms with Crippen molar-refractivity contribution in [3.8, 4) is 0 Å². The van der Waals surface area contributed by atoms with Crippen LogP contribution in [0, 0.1) is 12.8 Å². The molecule has 3 fully saturated rings. The lowest BCUT2D eigenvalue weighted by Gasteiger charge is -2.45. The molecule has 0 saturated carbocycles. The van der Waals surface area contributed by atoms with Crippen molar-refractivity contribution < 1.29 is 45.8 Å². The number of aryl methyl sites for hydroxylation is 1. The maximum Gasteiger partial charge on any atom is 0.434 e. The quantitative estimate of drug-likeness (QED) is 0.485. The van der Waals surface area contributed by atoms with E-state index in [9.17, 15) is 41.0 Å². The van der Waals surface area contributed by atoms with Gasteiger partial charge in [-0.25, -0.2) is 4.79 Å². The van der Waals surface area contributed by atoms with E-state index in [1.807, 2.05) is 13.0 Å². The Hall–Kier alpha value is -2.70. The molecule has 0 unspecified atom stereocenters. The molecule has 3 heterocycles. The highest BCUT2D eigenvalue weighted by atomic mass is 19.4. The van der Waals surface area contributed by atoms with Crippen LogP contribution in [0.25, 0.3) is 0 Å². The largest absolute Gasteiger partial charge is 0.481 e. The monoisotopic (exact) mass is 565 g/mol. The van der Waals surface area contributed by atoms with Crippen LogP contribution >= 0.6 is 0 Å². The van der Waals surface area contributed by atoms with Gasteiger partial charge in [0.25, 0.3) is 6.10 Å². The molecule has 0 bridgehead atoms. The van der Waals surface area contributed by atoms with Crippen molar-refractivity contribution in [1.82, 2.24) is 9.80 Å². The third kappa shape index (κ3) is 6.55. The second-order valence-electron chi connectivity index (χ2n) is 10.8. The molecule has 3 aliphatic rings. The molecule has 1 spiro atoms. The molecule has 0 atom stereocenters. The predicted molar refractivity (Wildman–Crippen MR) is 129 cm³/mol. The first-order valence-corrected chi connectivity index (χ1v) is 13.1. The van der Waals surface area contributed by atoms with E-state index in [0.717, 1.165) is 41.1 Å². The summed E-state index contributed by atoms with van der Waals surface area (Å²) in [6.45, 7) is 4.64. The molecule has 39 heavy (non-hydrogen) atoms. The molecule has 3 aliphatic heterocycles. The molecule has 1 N–H and O–H groups in total. The topological polar surface area (TPSA) is 73.3 Å². The van der Waals surface area contributed by atoms with E-state index in [1.165, 1.54) is 0 Å². The summed E-state index contributed by atoms with van der Waals surface area (Å²) in [4.78, 5) is 29.1. The fourth-order valence-electron chi connectivity index (χ4n) is 6.08. The van der Waals surface area contributed by atoms with Crippen molar-refractivity contribution in [3.63, 3.8) is 0 Å². The summed E-state index contributed by atoms with van der Waals surface area (Å²) in [5.41, 5.74) is 2.89. The van der Waals surface area contributed by atoms with Gasteiger partial charge in [0.2, 0.25) is 0 Å². The summed E-state index contributed by atoms with van der Waals surface area (Å²) in [5, 5.41) is 9.33. The summed E-state index contributed by atoms with van der Waals surface area (Å²) in [6, 6.07) is 6.16. The maximum atomic E-state index is 12.8. The number of piperidine rings is 2. The van der Waals surface area contributed by atoms with Gasteiger partial charge >= 0.3 is 24.4 Å². The summed E-state index contributed by atoms with van der Waals surface area (Å²) in [7, 11) is 0. The van der Waals surface area contributed by atoms with E-state index in [1.54, 1.807) is 0 Å². The number of carbonyl (C=O) groups is 2. The number of carboxylic acid groups (broad SMARTS) is 1. The van der Waals surface area contributed by atoms with Gasteiger partial charge in [0.1, 0.15) is 0 Å². The van der Waals surface area contributed by atoms with Crippen LogP contribution in [0.1, 0.15) is 49.7 Å². The van der Waals surface area contributed by atoms with Crippen LogP contribution in [0.4, 0.5) is 36.8 Å². The highest BCUT2D eigenvalue weighted by Crippen LogP contribution is 2.42. The number of halogens is 6. The van der Waals surface area contributed by atoms with E-state index in [2.05, 4.69) is 26.7 Å².